The van der Waals surface area contributed by atoms with Crippen molar-refractivity contribution in [2.45, 2.75) is 50.7 Å². The lowest BCUT2D eigenvalue weighted by molar-refractivity contribution is -0.271. The highest BCUT2D eigenvalue weighted by atomic mass is 16.7. The Morgan fingerprint density at radius 3 is 2.38 bits per heavy atom. The number of imide groups is 1. The Kier molecular flexibility index (Phi) is 11.8. The molecule has 0 aliphatic carbocycles. The zero-order valence-corrected chi connectivity index (χ0v) is 22.5. The van der Waals surface area contributed by atoms with Crippen LogP contribution in [0.25, 0.3) is 0 Å². The highest BCUT2D eigenvalue weighted by Crippen LogP contribution is 2.30. The third-order valence-corrected chi connectivity index (χ3v) is 6.05. The van der Waals surface area contributed by atoms with E-state index in [2.05, 4.69) is 5.32 Å². The summed E-state index contributed by atoms with van der Waals surface area (Å²) in [7, 11) is 0. The van der Waals surface area contributed by atoms with Crippen LogP contribution < -0.4 is 14.8 Å². The van der Waals surface area contributed by atoms with Gasteiger partial charge in [0.15, 0.2) is 6.10 Å². The van der Waals surface area contributed by atoms with Crippen LogP contribution in [0.4, 0.5) is 0 Å². The molecule has 0 radical (unpaired) electrons. The summed E-state index contributed by atoms with van der Waals surface area (Å²) in [5.41, 5.74) is 0.308. The molecule has 2 aliphatic rings. The summed E-state index contributed by atoms with van der Waals surface area (Å²) in [6.07, 6.45) is -6.90. The molecule has 5 N–H and O–H groups in total. The second-order valence-corrected chi connectivity index (χ2v) is 9.12. The number of aliphatic carboxylic acids is 1. The number of hydrogen-bond donors (Lipinski definition) is 5. The van der Waals surface area contributed by atoms with Crippen LogP contribution in [0.5, 0.6) is 11.5 Å². The molecule has 0 spiro atoms. The number of amides is 3. The van der Waals surface area contributed by atoms with Gasteiger partial charge in [0, 0.05) is 50.2 Å². The number of carboxylic acid groups (broad SMARTS) is 1. The summed E-state index contributed by atoms with van der Waals surface area (Å²) >= 11 is 0. The van der Waals surface area contributed by atoms with E-state index in [9.17, 15) is 44.4 Å². The lowest BCUT2D eigenvalue weighted by Gasteiger charge is -2.38. The number of ether oxygens (including phenoxy) is 5. The Labute approximate surface area is 239 Å². The van der Waals surface area contributed by atoms with Gasteiger partial charge in [-0.15, -0.1) is 0 Å². The van der Waals surface area contributed by atoms with Gasteiger partial charge in [0.1, 0.15) is 43.0 Å². The summed E-state index contributed by atoms with van der Waals surface area (Å²) in [6, 6.07) is 4.40. The number of hydrogen-bond acceptors (Lipinski definition) is 13. The van der Waals surface area contributed by atoms with E-state index in [1.165, 1.54) is 25.1 Å². The van der Waals surface area contributed by atoms with E-state index in [0.29, 0.717) is 5.56 Å². The topological polar surface area (TPSA) is 228 Å². The Balaban J connectivity index is 1.47. The summed E-state index contributed by atoms with van der Waals surface area (Å²) in [5, 5.41) is 42.1. The molecule has 2 aliphatic heterocycles. The fraction of sp³-hybridized carbons (Fsp3) is 0.500. The van der Waals surface area contributed by atoms with Gasteiger partial charge in [0.25, 0.3) is 11.8 Å². The van der Waals surface area contributed by atoms with Crippen LogP contribution in [-0.2, 0) is 44.8 Å². The number of carboxylic acids is 1. The van der Waals surface area contributed by atoms with Crippen LogP contribution in [0.15, 0.2) is 30.4 Å². The largest absolute Gasteiger partial charge is 0.491 e. The second-order valence-electron chi connectivity index (χ2n) is 9.12. The smallest absolute Gasteiger partial charge is 0.335 e. The molecule has 42 heavy (non-hydrogen) atoms. The van der Waals surface area contributed by atoms with E-state index in [1.807, 2.05) is 0 Å². The number of benzene rings is 1. The predicted octanol–water partition coefficient (Wildman–Crippen LogP) is -2.15. The van der Waals surface area contributed by atoms with Crippen LogP contribution in [0.2, 0.25) is 0 Å². The predicted molar refractivity (Wildman–Crippen MR) is 137 cm³/mol. The highest BCUT2D eigenvalue weighted by molar-refractivity contribution is 6.13. The van der Waals surface area contributed by atoms with E-state index >= 15 is 0 Å². The van der Waals surface area contributed by atoms with Gasteiger partial charge in [-0.3, -0.25) is 24.1 Å². The van der Waals surface area contributed by atoms with Gasteiger partial charge < -0.3 is 49.4 Å². The first-order chi connectivity index (χ1) is 20.0. The number of carbonyl (C=O) groups is 5. The number of carbonyl (C=O) groups excluding carboxylic acids is 4. The van der Waals surface area contributed by atoms with Crippen LogP contribution >= 0.6 is 0 Å². The van der Waals surface area contributed by atoms with Crippen molar-refractivity contribution < 1.29 is 68.1 Å². The molecule has 2 heterocycles. The maximum Gasteiger partial charge on any atom is 0.335 e. The number of aliphatic hydroxyl groups is 3. The SMILES string of the molecule is CC(=O)OCc1ccc(OCCOCCNC(=O)CCN2C(=O)C=CC2=O)cc1O[C@@H]1O[C@H](C(=O)O)[C@@H](O)[C@H](O)[C@H]1O. The molecule has 16 heteroatoms. The minimum Gasteiger partial charge on any atom is -0.491 e. The lowest BCUT2D eigenvalue weighted by atomic mass is 9.99. The quantitative estimate of drug-likeness (QED) is 0.0826. The van der Waals surface area contributed by atoms with E-state index in [-0.39, 0.29) is 63.3 Å². The number of nitrogens with zero attached hydrogens (tertiary/aromatic N) is 1. The number of esters is 1. The Morgan fingerprint density at radius 1 is 1.00 bits per heavy atom. The summed E-state index contributed by atoms with van der Waals surface area (Å²) in [5.74, 6) is -3.18. The van der Waals surface area contributed by atoms with Crippen molar-refractivity contribution in [1.82, 2.24) is 10.2 Å². The second kappa shape index (κ2) is 15.2. The van der Waals surface area contributed by atoms with Crippen molar-refractivity contribution in [2.24, 2.45) is 0 Å². The number of nitrogens with one attached hydrogen (secondary N) is 1. The third kappa shape index (κ3) is 8.95. The molecule has 3 amide bonds. The van der Waals surface area contributed by atoms with Gasteiger partial charge >= 0.3 is 11.9 Å². The molecule has 1 aromatic rings. The van der Waals surface area contributed by atoms with Gasteiger partial charge in [0.2, 0.25) is 12.2 Å². The maximum atomic E-state index is 11.9. The van der Waals surface area contributed by atoms with Crippen molar-refractivity contribution in [3.8, 4) is 11.5 Å². The first-order valence-electron chi connectivity index (χ1n) is 12.8. The molecule has 16 nitrogen and oxygen atoms in total. The van der Waals surface area contributed by atoms with Crippen LogP contribution in [-0.4, -0.2) is 119 Å². The van der Waals surface area contributed by atoms with Crippen molar-refractivity contribution in [2.75, 3.05) is 32.9 Å². The van der Waals surface area contributed by atoms with Gasteiger partial charge in [-0.05, 0) is 12.1 Å². The molecule has 1 aromatic carbocycles. The average molecular weight is 597 g/mol. The lowest BCUT2D eigenvalue weighted by Crippen LogP contribution is -2.61. The molecule has 0 saturated carbocycles. The van der Waals surface area contributed by atoms with Crippen LogP contribution in [0, 0.1) is 0 Å². The molecule has 0 bridgehead atoms. The van der Waals surface area contributed by atoms with Crippen LogP contribution in [0.1, 0.15) is 18.9 Å². The molecule has 5 atom stereocenters. The molecular weight excluding hydrogens is 564 g/mol. The van der Waals surface area contributed by atoms with Crippen molar-refractivity contribution in [3.63, 3.8) is 0 Å². The van der Waals surface area contributed by atoms with Crippen molar-refractivity contribution in [1.29, 1.82) is 0 Å². The molecule has 0 aromatic heterocycles. The highest BCUT2D eigenvalue weighted by Gasteiger charge is 2.48. The van der Waals surface area contributed by atoms with Gasteiger partial charge in [0.05, 0.1) is 13.2 Å². The monoisotopic (exact) mass is 596 g/mol. The Hall–Kier alpha value is -4.09. The molecule has 0 unspecified atom stereocenters. The Bertz CT molecular complexity index is 1170. The minimum atomic E-state index is -1.90. The maximum absolute atomic E-state index is 11.9. The minimum absolute atomic E-state index is 0.0118. The molecular formula is C26H32N2O14. The standard InChI is InChI=1S/C26H32N2O14/c1-14(29)40-13-15-2-3-16(12-17(15)41-26-23(35)21(33)22(34)24(42-26)25(36)37)39-11-10-38-9-7-27-18(30)6-8-28-19(31)4-5-20(28)32/h2-5,12,21-24,26,33-35H,6-11,13H2,1H3,(H,27,30)(H,36,37)/t21-,22-,23+,24-,26+/m0/s1. The van der Waals surface area contributed by atoms with Crippen molar-refractivity contribution >= 4 is 29.7 Å². The summed E-state index contributed by atoms with van der Waals surface area (Å²) < 4.78 is 26.8. The zero-order valence-electron chi connectivity index (χ0n) is 22.5. The summed E-state index contributed by atoms with van der Waals surface area (Å²) in [6.45, 7) is 1.47. The van der Waals surface area contributed by atoms with Crippen molar-refractivity contribution in [3.05, 3.63) is 35.9 Å². The van der Waals surface area contributed by atoms with E-state index in [1.54, 1.807) is 0 Å². The zero-order chi connectivity index (χ0) is 30.8. The van der Waals surface area contributed by atoms with Gasteiger partial charge in [-0.1, -0.05) is 0 Å². The Morgan fingerprint density at radius 2 is 1.71 bits per heavy atom. The third-order valence-electron chi connectivity index (χ3n) is 6.05. The molecule has 3 rings (SSSR count). The van der Waals surface area contributed by atoms with E-state index in [0.717, 1.165) is 17.1 Å². The van der Waals surface area contributed by atoms with Crippen LogP contribution in [0.3, 0.4) is 0 Å². The first-order valence-corrected chi connectivity index (χ1v) is 12.8. The number of rotatable bonds is 15. The fourth-order valence-corrected chi connectivity index (χ4v) is 3.84. The average Bonchev–Trinajstić information content (AvgIpc) is 3.27. The molecule has 1 saturated heterocycles. The van der Waals surface area contributed by atoms with E-state index in [4.69, 9.17) is 23.7 Å². The normalized spacial score (nSPS) is 23.5. The molecule has 1 fully saturated rings. The van der Waals surface area contributed by atoms with Gasteiger partial charge in [-0.2, -0.15) is 0 Å². The first kappa shape index (κ1) is 32.4. The number of aliphatic hydroxyl groups excluding tert-OH is 3. The fourth-order valence-electron chi connectivity index (χ4n) is 3.84. The molecule has 230 valence electrons. The van der Waals surface area contributed by atoms with E-state index < -0.39 is 54.5 Å². The van der Waals surface area contributed by atoms with Gasteiger partial charge in [-0.25, -0.2) is 4.79 Å². The summed E-state index contributed by atoms with van der Waals surface area (Å²) in [4.78, 5) is 58.5.